The van der Waals surface area contributed by atoms with Gasteiger partial charge in [0.1, 0.15) is 0 Å². The Hall–Kier alpha value is -0.0300. The lowest BCUT2D eigenvalue weighted by Crippen LogP contribution is -1.96. The lowest BCUT2D eigenvalue weighted by atomic mass is 10.3. The van der Waals surface area contributed by atoms with Crippen molar-refractivity contribution in [2.45, 2.75) is 32.6 Å². The van der Waals surface area contributed by atoms with Crippen LogP contribution in [0.25, 0.3) is 0 Å². The van der Waals surface area contributed by atoms with Crippen LogP contribution < -0.4 is 5.32 Å². The second-order valence-electron chi connectivity index (χ2n) is 5.97. The number of nitrogens with one attached hydrogen (secondary N) is 1. The highest BCUT2D eigenvalue weighted by Gasteiger charge is 2.23. The minimum absolute atomic E-state index is 0.509. The third-order valence-electron chi connectivity index (χ3n) is 2.66. The Morgan fingerprint density at radius 3 is 2.04 bits per heavy atom. The van der Waals surface area contributed by atoms with Crippen molar-refractivity contribution in [1.82, 2.24) is 0 Å². The Morgan fingerprint density at radius 1 is 1.09 bits per heavy atom. The molecule has 0 aliphatic rings. The molecule has 0 saturated heterocycles. The van der Waals surface area contributed by atoms with Gasteiger partial charge in [0.15, 0.2) is 0 Å². The predicted octanol–water partition coefficient (Wildman–Crippen LogP) is 6.74. The second kappa shape index (κ2) is 10.8. The van der Waals surface area contributed by atoms with Crippen LogP contribution in [-0.4, -0.2) is 24.1 Å². The van der Waals surface area contributed by atoms with Crippen molar-refractivity contribution in [3.05, 3.63) is 24.3 Å². The van der Waals surface area contributed by atoms with Crippen molar-refractivity contribution in [3.63, 3.8) is 0 Å². The van der Waals surface area contributed by atoms with Crippen molar-refractivity contribution in [3.8, 4) is 0 Å². The quantitative estimate of drug-likeness (QED) is 0.207. The fourth-order valence-corrected chi connectivity index (χ4v) is 8.83. The van der Waals surface area contributed by atoms with Gasteiger partial charge in [0.05, 0.1) is 6.34 Å². The Bertz CT molecular complexity index is 517. The highest BCUT2D eigenvalue weighted by atomic mass is 33.1. The summed E-state index contributed by atoms with van der Waals surface area (Å²) in [7, 11) is 0. The highest BCUT2D eigenvalue weighted by molar-refractivity contribution is 8.90. The number of anilines is 1. The smallest absolute Gasteiger partial charge is 0.299 e. The van der Waals surface area contributed by atoms with Crippen LogP contribution in [0, 0.1) is 11.8 Å². The van der Waals surface area contributed by atoms with E-state index in [4.69, 9.17) is 0 Å². The van der Waals surface area contributed by atoms with Crippen LogP contribution in [0.5, 0.6) is 0 Å². The van der Waals surface area contributed by atoms with Crippen LogP contribution in [0.4, 0.5) is 5.69 Å². The number of benzene rings is 1. The lowest BCUT2D eigenvalue weighted by molar-refractivity contribution is 0.594. The minimum Gasteiger partial charge on any atom is -0.346 e. The zero-order valence-electron chi connectivity index (χ0n) is 14.5. The van der Waals surface area contributed by atoms with Gasteiger partial charge >= 0.3 is 0 Å². The molecule has 130 valence electrons. The minimum atomic E-state index is -2.64. The molecule has 0 aromatic heterocycles. The van der Waals surface area contributed by atoms with E-state index in [-0.39, 0.29) is 0 Å². The molecule has 1 aromatic carbocycles. The van der Waals surface area contributed by atoms with Gasteiger partial charge in [0.25, 0.3) is 5.70 Å². The normalized spacial score (nSPS) is 12.5. The van der Waals surface area contributed by atoms with Crippen LogP contribution >= 0.6 is 40.2 Å². The van der Waals surface area contributed by atoms with Crippen LogP contribution in [0.15, 0.2) is 33.9 Å². The second-order valence-corrected chi connectivity index (χ2v) is 14.4. The van der Waals surface area contributed by atoms with Crippen LogP contribution in [0.3, 0.4) is 0 Å². The van der Waals surface area contributed by atoms with Crippen LogP contribution in [0.1, 0.15) is 27.7 Å². The molecule has 0 fully saturated rings. The van der Waals surface area contributed by atoms with E-state index >= 15 is 0 Å². The maximum atomic E-state index is 13.0. The van der Waals surface area contributed by atoms with Gasteiger partial charge < -0.3 is 5.32 Å². The third kappa shape index (κ3) is 9.13. The molecule has 1 N–H and O–H groups in total. The van der Waals surface area contributed by atoms with Gasteiger partial charge in [-0.05, 0) is 42.4 Å². The molecule has 7 heteroatoms. The molecular formula is C16H27N2OPS3. The predicted molar refractivity (Wildman–Crippen MR) is 113 cm³/mol. The molecule has 0 atom stereocenters. The summed E-state index contributed by atoms with van der Waals surface area (Å²) in [5, 5.41) is 3.13. The average Bonchev–Trinajstić information content (AvgIpc) is 2.52. The number of hydrogen-bond acceptors (Lipinski definition) is 4. The molecule has 0 unspecified atom stereocenters. The molecule has 0 radical (unpaired) electrons. The van der Waals surface area contributed by atoms with Gasteiger partial charge in [0, 0.05) is 22.1 Å². The van der Waals surface area contributed by atoms with E-state index in [1.807, 2.05) is 12.1 Å². The standard InChI is InChI=1S/C16H27N2OPS3/c1-13(2)10-22-20(19,23-11-14(3)4)18-12-17-15-6-8-16(21-5)9-7-15/h6-9,12-14H,10-11H2,1-5H3,(H,17,18,19). The molecule has 23 heavy (non-hydrogen) atoms. The van der Waals surface area contributed by atoms with E-state index in [1.165, 1.54) is 27.7 Å². The third-order valence-corrected chi connectivity index (χ3v) is 11.4. The zero-order chi connectivity index (χ0) is 17.3. The highest BCUT2D eigenvalue weighted by Crippen LogP contribution is 2.70. The summed E-state index contributed by atoms with van der Waals surface area (Å²) in [4.78, 5) is 1.22. The Morgan fingerprint density at radius 2 is 1.61 bits per heavy atom. The van der Waals surface area contributed by atoms with E-state index in [9.17, 15) is 4.57 Å². The van der Waals surface area contributed by atoms with Crippen LogP contribution in [0.2, 0.25) is 0 Å². The first-order chi connectivity index (χ1) is 10.8. The van der Waals surface area contributed by atoms with Crippen LogP contribution in [-0.2, 0) is 4.57 Å². The van der Waals surface area contributed by atoms with E-state index in [2.05, 4.69) is 56.2 Å². The van der Waals surface area contributed by atoms with E-state index in [0.29, 0.717) is 11.8 Å². The Balaban J connectivity index is 2.67. The molecule has 0 aliphatic carbocycles. The number of nitrogens with zero attached hydrogens (tertiary/aromatic N) is 1. The lowest BCUT2D eigenvalue weighted by Gasteiger charge is -2.14. The van der Waals surface area contributed by atoms with Crippen molar-refractivity contribution in [1.29, 1.82) is 0 Å². The average molecular weight is 391 g/mol. The first kappa shape index (κ1) is 21.0. The Labute approximate surface area is 153 Å². The summed E-state index contributed by atoms with van der Waals surface area (Å²) in [6.45, 7) is 8.55. The first-order valence-corrected chi connectivity index (χ1v) is 13.7. The number of rotatable bonds is 10. The van der Waals surface area contributed by atoms with Gasteiger partial charge in [-0.1, -0.05) is 50.5 Å². The molecular weight excluding hydrogens is 363 g/mol. The van der Waals surface area contributed by atoms with E-state index in [0.717, 1.165) is 17.2 Å². The molecule has 0 aliphatic heterocycles. The van der Waals surface area contributed by atoms with Crippen molar-refractivity contribution < 1.29 is 4.57 Å². The number of hydrogen-bond donors (Lipinski definition) is 1. The first-order valence-electron chi connectivity index (χ1n) is 7.68. The molecule has 0 heterocycles. The van der Waals surface area contributed by atoms with E-state index < -0.39 is 5.70 Å². The van der Waals surface area contributed by atoms with E-state index in [1.54, 1.807) is 18.1 Å². The summed E-state index contributed by atoms with van der Waals surface area (Å²) in [6, 6.07) is 8.12. The Kier molecular flexibility index (Phi) is 9.83. The van der Waals surface area contributed by atoms with Gasteiger partial charge in [-0.25, -0.2) is 0 Å². The molecule has 0 saturated carbocycles. The molecule has 1 aromatic rings. The fourth-order valence-electron chi connectivity index (χ4n) is 1.45. The summed E-state index contributed by atoms with van der Waals surface area (Å²) < 4.78 is 17.4. The maximum Gasteiger partial charge on any atom is 0.299 e. The zero-order valence-corrected chi connectivity index (χ0v) is 17.8. The SMILES string of the molecule is CSc1ccc(NC=NP(=O)(SCC(C)C)SCC(C)C)cc1. The van der Waals surface area contributed by atoms with Crippen molar-refractivity contribution >= 4 is 52.2 Å². The molecule has 3 nitrogen and oxygen atoms in total. The molecule has 0 bridgehead atoms. The summed E-state index contributed by atoms with van der Waals surface area (Å²) in [6.07, 6.45) is 3.65. The monoisotopic (exact) mass is 390 g/mol. The molecule has 0 spiro atoms. The topological polar surface area (TPSA) is 41.5 Å². The molecule has 0 amide bonds. The summed E-state index contributed by atoms with van der Waals surface area (Å²) in [5.74, 6) is 2.75. The maximum absolute atomic E-state index is 13.0. The van der Waals surface area contributed by atoms with Gasteiger partial charge in [-0.15, -0.1) is 11.8 Å². The number of thioether (sulfide) groups is 1. The molecule has 1 rings (SSSR count). The van der Waals surface area contributed by atoms with Crippen molar-refractivity contribution in [2.75, 3.05) is 23.1 Å². The van der Waals surface area contributed by atoms with Crippen molar-refractivity contribution in [2.24, 2.45) is 16.6 Å². The fraction of sp³-hybridized carbons (Fsp3) is 0.562. The van der Waals surface area contributed by atoms with Gasteiger partial charge in [-0.3, -0.25) is 4.57 Å². The summed E-state index contributed by atoms with van der Waals surface area (Å²) >= 11 is 4.70. The van der Waals surface area contributed by atoms with Gasteiger partial charge in [0.2, 0.25) is 0 Å². The summed E-state index contributed by atoms with van der Waals surface area (Å²) in [5.41, 5.74) is -1.68. The largest absolute Gasteiger partial charge is 0.346 e. The van der Waals surface area contributed by atoms with Gasteiger partial charge in [-0.2, -0.15) is 4.76 Å².